The van der Waals surface area contributed by atoms with Crippen LogP contribution in [0.5, 0.6) is 0 Å². The van der Waals surface area contributed by atoms with E-state index in [2.05, 4.69) is 5.32 Å². The molecule has 37 heavy (non-hydrogen) atoms. The minimum absolute atomic E-state index is 0.116. The molecule has 2 aliphatic heterocycles. The largest absolute Gasteiger partial charge is 0.444 e. The van der Waals surface area contributed by atoms with Gasteiger partial charge in [0.15, 0.2) is 0 Å². The normalized spacial score (nSPS) is 18.1. The van der Waals surface area contributed by atoms with E-state index >= 15 is 4.39 Å². The molecule has 1 saturated heterocycles. The summed E-state index contributed by atoms with van der Waals surface area (Å²) in [4.78, 5) is 51.4. The number of halogens is 1. The van der Waals surface area contributed by atoms with Gasteiger partial charge in [0, 0.05) is 31.1 Å². The lowest BCUT2D eigenvalue weighted by atomic mass is 9.93. The van der Waals surface area contributed by atoms with Gasteiger partial charge >= 0.3 is 11.8 Å². The van der Waals surface area contributed by atoms with Gasteiger partial charge in [-0.05, 0) is 56.9 Å². The number of carbonyl (C=O) groups is 3. The predicted octanol–water partition coefficient (Wildman–Crippen LogP) is 3.42. The Bertz CT molecular complexity index is 1510. The molecule has 1 unspecified atom stereocenters. The van der Waals surface area contributed by atoms with Crippen molar-refractivity contribution in [3.05, 3.63) is 57.8 Å². The maximum atomic E-state index is 15.4. The Morgan fingerprint density at radius 3 is 2.59 bits per heavy atom. The Morgan fingerprint density at radius 1 is 1.14 bits per heavy atom. The Kier molecular flexibility index (Phi) is 5.92. The standard InChI is InChI=1S/C27H29FN4O5/c1-27(2,3)37-26(36)31-11-10-15-12-16(13-19(28)18(15)14-31)17-6-5-7-20-23(17)30(4)25(35)32(20)21-8-9-22(33)29-24(21)34/h5-7,12-13,21H,8-11,14H2,1-4H3,(H,29,33,34). The first kappa shape index (κ1) is 24.7. The number of nitrogens with one attached hydrogen (secondary N) is 1. The van der Waals surface area contributed by atoms with Crippen LogP contribution in [0.2, 0.25) is 0 Å². The second kappa shape index (κ2) is 8.86. The number of piperidine rings is 1. The molecule has 0 aliphatic carbocycles. The fourth-order valence-electron chi connectivity index (χ4n) is 5.16. The van der Waals surface area contributed by atoms with Crippen LogP contribution in [0.1, 0.15) is 50.8 Å². The van der Waals surface area contributed by atoms with E-state index in [0.29, 0.717) is 40.7 Å². The number of imidazole rings is 1. The Morgan fingerprint density at radius 2 is 1.89 bits per heavy atom. The Labute approximate surface area is 212 Å². The highest BCUT2D eigenvalue weighted by Gasteiger charge is 2.32. The lowest BCUT2D eigenvalue weighted by Gasteiger charge is -2.31. The number of hydrogen-bond donors (Lipinski definition) is 1. The first-order valence-electron chi connectivity index (χ1n) is 12.3. The number of fused-ring (bicyclic) bond motifs is 2. The van der Waals surface area contributed by atoms with E-state index in [-0.39, 0.29) is 31.0 Å². The van der Waals surface area contributed by atoms with Gasteiger partial charge in [-0.2, -0.15) is 0 Å². The first-order valence-corrected chi connectivity index (χ1v) is 12.3. The van der Waals surface area contributed by atoms with Crippen LogP contribution in [0.3, 0.4) is 0 Å². The Balaban J connectivity index is 1.54. The van der Waals surface area contributed by atoms with Gasteiger partial charge in [0.05, 0.1) is 17.6 Å². The molecule has 1 N–H and O–H groups in total. The van der Waals surface area contributed by atoms with Gasteiger partial charge in [-0.15, -0.1) is 0 Å². The lowest BCUT2D eigenvalue weighted by molar-refractivity contribution is -0.135. The van der Waals surface area contributed by atoms with Gasteiger partial charge in [0.1, 0.15) is 17.5 Å². The summed E-state index contributed by atoms with van der Waals surface area (Å²) in [6.45, 7) is 5.88. The molecule has 2 aliphatic rings. The average Bonchev–Trinajstić information content (AvgIpc) is 3.08. The van der Waals surface area contributed by atoms with Crippen LogP contribution in [-0.2, 0) is 34.3 Å². The number of ether oxygens (including phenoxy) is 1. The maximum absolute atomic E-state index is 15.4. The number of aryl methyl sites for hydroxylation is 1. The van der Waals surface area contributed by atoms with Crippen LogP contribution < -0.4 is 11.0 Å². The van der Waals surface area contributed by atoms with Crippen molar-refractivity contribution in [1.29, 1.82) is 0 Å². The molecule has 3 amide bonds. The highest BCUT2D eigenvalue weighted by Crippen LogP contribution is 2.34. The zero-order valence-electron chi connectivity index (χ0n) is 21.3. The highest BCUT2D eigenvalue weighted by atomic mass is 19.1. The molecule has 9 nitrogen and oxygen atoms in total. The number of carbonyl (C=O) groups excluding carboxylic acids is 3. The summed E-state index contributed by atoms with van der Waals surface area (Å²) in [5.74, 6) is -1.30. The molecule has 1 fully saturated rings. The summed E-state index contributed by atoms with van der Waals surface area (Å²) in [5, 5.41) is 2.31. The van der Waals surface area contributed by atoms with Gasteiger partial charge in [0.2, 0.25) is 11.8 Å². The lowest BCUT2D eigenvalue weighted by Crippen LogP contribution is -2.44. The van der Waals surface area contributed by atoms with Gasteiger partial charge in [-0.3, -0.25) is 24.0 Å². The summed E-state index contributed by atoms with van der Waals surface area (Å²) >= 11 is 0. The van der Waals surface area contributed by atoms with Gasteiger partial charge in [0.25, 0.3) is 0 Å². The second-order valence-electron chi connectivity index (χ2n) is 10.6. The van der Waals surface area contributed by atoms with E-state index in [1.807, 2.05) is 12.1 Å². The van der Waals surface area contributed by atoms with Crippen molar-refractivity contribution in [2.45, 2.75) is 58.2 Å². The van der Waals surface area contributed by atoms with Crippen molar-refractivity contribution in [2.75, 3.05) is 6.54 Å². The molecule has 5 rings (SSSR count). The SMILES string of the molecule is Cn1c(=O)n(C2CCC(=O)NC2=O)c2cccc(-c3cc(F)c4c(c3)CCN(C(=O)OC(C)(C)C)C4)c21. The van der Waals surface area contributed by atoms with Crippen molar-refractivity contribution in [3.8, 4) is 11.1 Å². The van der Waals surface area contributed by atoms with Crippen molar-refractivity contribution >= 4 is 28.9 Å². The Hall–Kier alpha value is -3.95. The number of benzene rings is 2. The topological polar surface area (TPSA) is 103 Å². The van der Waals surface area contributed by atoms with Gasteiger partial charge in [-0.25, -0.2) is 14.0 Å². The molecule has 10 heteroatoms. The van der Waals surface area contributed by atoms with Crippen LogP contribution in [0, 0.1) is 5.82 Å². The highest BCUT2D eigenvalue weighted by molar-refractivity contribution is 6.01. The van der Waals surface area contributed by atoms with Crippen LogP contribution in [0.15, 0.2) is 35.1 Å². The van der Waals surface area contributed by atoms with Gasteiger partial charge < -0.3 is 9.64 Å². The molecule has 2 aromatic carbocycles. The van der Waals surface area contributed by atoms with E-state index in [9.17, 15) is 19.2 Å². The summed E-state index contributed by atoms with van der Waals surface area (Å²) in [5.41, 5.74) is 2.57. The fourth-order valence-corrected chi connectivity index (χ4v) is 5.16. The molecular weight excluding hydrogens is 479 g/mol. The summed E-state index contributed by atoms with van der Waals surface area (Å²) < 4.78 is 23.7. The molecule has 3 heterocycles. The third-order valence-electron chi connectivity index (χ3n) is 6.88. The van der Waals surface area contributed by atoms with Gasteiger partial charge in [-0.1, -0.05) is 18.2 Å². The number of para-hydroxylation sites is 1. The molecule has 0 spiro atoms. The number of hydrogen-bond acceptors (Lipinski definition) is 5. The quantitative estimate of drug-likeness (QED) is 0.535. The number of amides is 3. The molecule has 194 valence electrons. The first-order chi connectivity index (χ1) is 17.4. The zero-order valence-corrected chi connectivity index (χ0v) is 21.3. The smallest absolute Gasteiger partial charge is 0.410 e. The molecule has 3 aromatic rings. The number of imide groups is 1. The van der Waals surface area contributed by atoms with Crippen LogP contribution in [0.4, 0.5) is 9.18 Å². The molecular formula is C27H29FN4O5. The van der Waals surface area contributed by atoms with E-state index in [4.69, 9.17) is 4.74 Å². The monoisotopic (exact) mass is 508 g/mol. The van der Waals surface area contributed by atoms with Crippen molar-refractivity contribution < 1.29 is 23.5 Å². The van der Waals surface area contributed by atoms with Crippen molar-refractivity contribution in [1.82, 2.24) is 19.4 Å². The second-order valence-corrected chi connectivity index (χ2v) is 10.6. The number of nitrogens with zero attached hydrogens (tertiary/aromatic N) is 3. The predicted molar refractivity (Wildman–Crippen MR) is 134 cm³/mol. The summed E-state index contributed by atoms with van der Waals surface area (Å²) in [7, 11) is 1.62. The minimum atomic E-state index is -0.803. The van der Waals surface area contributed by atoms with Crippen LogP contribution >= 0.6 is 0 Å². The summed E-state index contributed by atoms with van der Waals surface area (Å²) in [6, 6.07) is 7.84. The molecule has 1 aromatic heterocycles. The van der Waals surface area contributed by atoms with E-state index in [1.165, 1.54) is 20.1 Å². The molecule has 0 saturated carbocycles. The van der Waals surface area contributed by atoms with E-state index < -0.39 is 29.5 Å². The van der Waals surface area contributed by atoms with E-state index in [1.54, 1.807) is 40.0 Å². The molecule has 0 radical (unpaired) electrons. The zero-order chi connectivity index (χ0) is 26.6. The average molecular weight is 509 g/mol. The van der Waals surface area contributed by atoms with Crippen molar-refractivity contribution in [3.63, 3.8) is 0 Å². The van der Waals surface area contributed by atoms with E-state index in [0.717, 1.165) is 5.56 Å². The minimum Gasteiger partial charge on any atom is -0.444 e. The third kappa shape index (κ3) is 4.41. The fraction of sp³-hybridized carbons (Fsp3) is 0.407. The number of aromatic nitrogens is 2. The number of rotatable bonds is 2. The third-order valence-corrected chi connectivity index (χ3v) is 6.88. The maximum Gasteiger partial charge on any atom is 0.410 e. The summed E-state index contributed by atoms with van der Waals surface area (Å²) in [6.07, 6.45) is 0.368. The van der Waals surface area contributed by atoms with Crippen LogP contribution in [0.25, 0.3) is 22.2 Å². The molecule has 1 atom stereocenters. The van der Waals surface area contributed by atoms with Crippen LogP contribution in [-0.4, -0.2) is 44.1 Å². The molecule has 0 bridgehead atoms. The van der Waals surface area contributed by atoms with Crippen molar-refractivity contribution in [2.24, 2.45) is 7.05 Å².